The predicted molar refractivity (Wildman–Crippen MR) is 144 cm³/mol. The van der Waals surface area contributed by atoms with Crippen molar-refractivity contribution in [3.05, 3.63) is 84.4 Å². The van der Waals surface area contributed by atoms with Crippen molar-refractivity contribution in [1.29, 1.82) is 0 Å². The molecule has 0 saturated carbocycles. The SMILES string of the molecule is O=C(C[C@@H](C(=O)N1CCc2ccccc21)n1ccnc1)NCCCN1CCN(Cc2ccccc2)CC1. The highest BCUT2D eigenvalue weighted by atomic mass is 16.2. The Bertz CT molecular complexity index is 1160. The zero-order chi connectivity index (χ0) is 25.5. The van der Waals surface area contributed by atoms with Gasteiger partial charge in [0.1, 0.15) is 6.04 Å². The molecular weight excluding hydrogens is 464 g/mol. The first-order valence-electron chi connectivity index (χ1n) is 13.3. The predicted octanol–water partition coefficient (Wildman–Crippen LogP) is 2.73. The van der Waals surface area contributed by atoms with Gasteiger partial charge in [-0.3, -0.25) is 14.5 Å². The van der Waals surface area contributed by atoms with Gasteiger partial charge in [0.15, 0.2) is 0 Å². The molecule has 1 aromatic heterocycles. The Kier molecular flexibility index (Phi) is 8.28. The van der Waals surface area contributed by atoms with Gasteiger partial charge in [-0.05, 0) is 36.6 Å². The third kappa shape index (κ3) is 6.45. The highest BCUT2D eigenvalue weighted by molar-refractivity contribution is 6.00. The Morgan fingerprint density at radius 3 is 2.46 bits per heavy atom. The van der Waals surface area contributed by atoms with Crippen LogP contribution in [0.1, 0.15) is 30.0 Å². The van der Waals surface area contributed by atoms with Crippen LogP contribution in [0.2, 0.25) is 0 Å². The Balaban J connectivity index is 1.06. The second-order valence-electron chi connectivity index (χ2n) is 9.91. The minimum atomic E-state index is -0.605. The van der Waals surface area contributed by atoms with E-state index in [-0.39, 0.29) is 18.2 Å². The van der Waals surface area contributed by atoms with Crippen LogP contribution in [0.3, 0.4) is 0 Å². The molecule has 0 aliphatic carbocycles. The molecule has 8 nitrogen and oxygen atoms in total. The molecule has 37 heavy (non-hydrogen) atoms. The van der Waals surface area contributed by atoms with Crippen LogP contribution in [-0.2, 0) is 22.6 Å². The molecular formula is C29H36N6O2. The Morgan fingerprint density at radius 2 is 1.68 bits per heavy atom. The van der Waals surface area contributed by atoms with Gasteiger partial charge in [-0.1, -0.05) is 48.5 Å². The van der Waals surface area contributed by atoms with E-state index in [1.165, 1.54) is 11.1 Å². The molecule has 1 saturated heterocycles. The number of fused-ring (bicyclic) bond motifs is 1. The highest BCUT2D eigenvalue weighted by Crippen LogP contribution is 2.30. The first kappa shape index (κ1) is 25.2. The van der Waals surface area contributed by atoms with Gasteiger partial charge in [0.25, 0.3) is 5.91 Å². The maximum Gasteiger partial charge on any atom is 0.250 e. The summed E-state index contributed by atoms with van der Waals surface area (Å²) >= 11 is 0. The van der Waals surface area contributed by atoms with E-state index >= 15 is 0 Å². The second kappa shape index (κ2) is 12.2. The maximum absolute atomic E-state index is 13.5. The minimum absolute atomic E-state index is 0.0635. The van der Waals surface area contributed by atoms with Crippen molar-refractivity contribution in [3.8, 4) is 0 Å². The van der Waals surface area contributed by atoms with Gasteiger partial charge in [0.05, 0.1) is 12.7 Å². The molecule has 5 rings (SSSR count). The normalized spacial score (nSPS) is 16.9. The number of carbonyl (C=O) groups excluding carboxylic acids is 2. The molecule has 0 bridgehead atoms. The van der Waals surface area contributed by atoms with E-state index in [4.69, 9.17) is 0 Å². The van der Waals surface area contributed by atoms with E-state index in [0.29, 0.717) is 13.1 Å². The topological polar surface area (TPSA) is 73.7 Å². The summed E-state index contributed by atoms with van der Waals surface area (Å²) in [4.78, 5) is 37.2. The van der Waals surface area contributed by atoms with Gasteiger partial charge in [0.2, 0.25) is 5.91 Å². The molecule has 194 valence electrons. The lowest BCUT2D eigenvalue weighted by Crippen LogP contribution is -2.46. The number of hydrogen-bond donors (Lipinski definition) is 1. The smallest absolute Gasteiger partial charge is 0.250 e. The van der Waals surface area contributed by atoms with Gasteiger partial charge < -0.3 is 19.7 Å². The summed E-state index contributed by atoms with van der Waals surface area (Å²) in [6.07, 6.45) is 6.87. The summed E-state index contributed by atoms with van der Waals surface area (Å²) in [7, 11) is 0. The standard InChI is InChI=1S/C29H36N6O2/c36-28(31-12-6-14-32-17-19-33(20-18-32)22-24-7-2-1-3-8-24)21-27(34-16-13-30-23-34)29(37)35-15-11-25-9-4-5-10-26(25)35/h1-5,7-10,13,16,23,27H,6,11-12,14-15,17-22H2,(H,31,36)/t27-/m0/s1. The Labute approximate surface area is 218 Å². The van der Waals surface area contributed by atoms with Crippen LogP contribution in [0, 0.1) is 0 Å². The molecule has 2 aromatic carbocycles. The fourth-order valence-corrected chi connectivity index (χ4v) is 5.31. The van der Waals surface area contributed by atoms with Crippen LogP contribution in [-0.4, -0.2) is 77.0 Å². The molecule has 2 aliphatic rings. The quantitative estimate of drug-likeness (QED) is 0.434. The summed E-state index contributed by atoms with van der Waals surface area (Å²) < 4.78 is 1.75. The second-order valence-corrected chi connectivity index (χ2v) is 9.91. The van der Waals surface area contributed by atoms with Crippen molar-refractivity contribution in [1.82, 2.24) is 24.7 Å². The lowest BCUT2D eigenvalue weighted by molar-refractivity contribution is -0.128. The number of imidazole rings is 1. The Hall–Kier alpha value is -3.49. The van der Waals surface area contributed by atoms with Crippen molar-refractivity contribution >= 4 is 17.5 Å². The molecule has 0 unspecified atom stereocenters. The molecule has 1 N–H and O–H groups in total. The summed E-state index contributed by atoms with van der Waals surface area (Å²) in [5.41, 5.74) is 3.48. The number of amides is 2. The molecule has 0 spiro atoms. The lowest BCUT2D eigenvalue weighted by atomic mass is 10.1. The van der Waals surface area contributed by atoms with Gasteiger partial charge in [-0.25, -0.2) is 4.98 Å². The number of piperazine rings is 1. The van der Waals surface area contributed by atoms with Crippen LogP contribution in [0.15, 0.2) is 73.3 Å². The van der Waals surface area contributed by atoms with Crippen molar-refractivity contribution in [2.75, 3.05) is 50.7 Å². The van der Waals surface area contributed by atoms with Crippen LogP contribution in [0.5, 0.6) is 0 Å². The van der Waals surface area contributed by atoms with E-state index in [2.05, 4.69) is 56.5 Å². The zero-order valence-corrected chi connectivity index (χ0v) is 21.3. The fraction of sp³-hybridized carbons (Fsp3) is 0.414. The van der Waals surface area contributed by atoms with Gasteiger partial charge in [-0.2, -0.15) is 0 Å². The molecule has 1 fully saturated rings. The first-order chi connectivity index (χ1) is 18.2. The molecule has 3 heterocycles. The molecule has 8 heteroatoms. The number of rotatable bonds is 10. The molecule has 3 aromatic rings. The van der Waals surface area contributed by atoms with Gasteiger partial charge in [0, 0.05) is 63.9 Å². The minimum Gasteiger partial charge on any atom is -0.356 e. The number of nitrogens with zero attached hydrogens (tertiary/aromatic N) is 5. The number of carbonyl (C=O) groups is 2. The average molecular weight is 501 g/mol. The first-order valence-corrected chi connectivity index (χ1v) is 13.3. The number of benzene rings is 2. The van der Waals surface area contributed by atoms with E-state index in [0.717, 1.165) is 57.8 Å². The molecule has 0 radical (unpaired) electrons. The number of para-hydroxylation sites is 1. The maximum atomic E-state index is 13.5. The van der Waals surface area contributed by atoms with E-state index in [1.54, 1.807) is 23.3 Å². The molecule has 2 aliphatic heterocycles. The van der Waals surface area contributed by atoms with Crippen LogP contribution >= 0.6 is 0 Å². The van der Waals surface area contributed by atoms with Crippen molar-refractivity contribution in [2.24, 2.45) is 0 Å². The Morgan fingerprint density at radius 1 is 0.919 bits per heavy atom. The van der Waals surface area contributed by atoms with E-state index in [1.807, 2.05) is 23.1 Å². The average Bonchev–Trinajstić information content (AvgIpc) is 3.61. The number of nitrogens with one attached hydrogen (secondary N) is 1. The number of hydrogen-bond acceptors (Lipinski definition) is 5. The largest absolute Gasteiger partial charge is 0.356 e. The molecule has 1 atom stereocenters. The third-order valence-electron chi connectivity index (χ3n) is 7.39. The van der Waals surface area contributed by atoms with Crippen molar-refractivity contribution < 1.29 is 9.59 Å². The van der Waals surface area contributed by atoms with Crippen molar-refractivity contribution in [3.63, 3.8) is 0 Å². The summed E-state index contributed by atoms with van der Waals surface area (Å²) in [5, 5.41) is 3.04. The monoisotopic (exact) mass is 500 g/mol. The van der Waals surface area contributed by atoms with Gasteiger partial charge in [-0.15, -0.1) is 0 Å². The number of aromatic nitrogens is 2. The lowest BCUT2D eigenvalue weighted by Gasteiger charge is -2.34. The summed E-state index contributed by atoms with van der Waals surface area (Å²) in [6, 6.07) is 18.0. The van der Waals surface area contributed by atoms with Gasteiger partial charge >= 0.3 is 0 Å². The summed E-state index contributed by atoms with van der Waals surface area (Å²) in [6.45, 7) is 7.46. The summed E-state index contributed by atoms with van der Waals surface area (Å²) in [5.74, 6) is -0.168. The number of anilines is 1. The van der Waals surface area contributed by atoms with E-state index in [9.17, 15) is 9.59 Å². The third-order valence-corrected chi connectivity index (χ3v) is 7.39. The fourth-order valence-electron chi connectivity index (χ4n) is 5.31. The van der Waals surface area contributed by atoms with Crippen LogP contribution < -0.4 is 10.2 Å². The van der Waals surface area contributed by atoms with Crippen LogP contribution in [0.25, 0.3) is 0 Å². The van der Waals surface area contributed by atoms with Crippen LogP contribution in [0.4, 0.5) is 5.69 Å². The highest BCUT2D eigenvalue weighted by Gasteiger charge is 2.32. The molecule has 2 amide bonds. The zero-order valence-electron chi connectivity index (χ0n) is 21.3. The van der Waals surface area contributed by atoms with E-state index < -0.39 is 6.04 Å². The van der Waals surface area contributed by atoms with Crippen molar-refractivity contribution in [2.45, 2.75) is 31.8 Å².